The zero-order valence-electron chi connectivity index (χ0n) is 12.0. The first-order chi connectivity index (χ1) is 10.7. The minimum atomic E-state index is -0.436. The molecule has 0 unspecified atom stereocenters. The van der Waals surface area contributed by atoms with Crippen LogP contribution in [0, 0.1) is 5.82 Å². The molecule has 2 rings (SSSR count). The molecule has 0 aromatic heterocycles. The van der Waals surface area contributed by atoms with Crippen molar-refractivity contribution in [2.45, 2.75) is 0 Å². The van der Waals surface area contributed by atoms with Crippen LogP contribution < -0.4 is 14.9 Å². The number of halogens is 1. The smallest absolute Gasteiger partial charge is 0.277 e. The minimum Gasteiger partial charge on any atom is -0.497 e. The van der Waals surface area contributed by atoms with Gasteiger partial charge >= 0.3 is 0 Å². The number of benzene rings is 2. The second-order valence-corrected chi connectivity index (χ2v) is 4.31. The number of hydrogen-bond acceptors (Lipinski definition) is 4. The quantitative estimate of drug-likeness (QED) is 0.658. The van der Waals surface area contributed by atoms with E-state index < -0.39 is 11.7 Å². The van der Waals surface area contributed by atoms with Crippen molar-refractivity contribution < 1.29 is 18.7 Å². The summed E-state index contributed by atoms with van der Waals surface area (Å²) in [5, 5.41) is 3.81. The molecular weight excluding hydrogens is 287 g/mol. The minimum absolute atomic E-state index is 0.247. The molecule has 2 aromatic rings. The molecule has 0 saturated heterocycles. The number of hydrazone groups is 1. The molecular formula is C16H15FN2O3. The Hall–Kier alpha value is -2.89. The van der Waals surface area contributed by atoms with Crippen LogP contribution in [0.25, 0.3) is 0 Å². The van der Waals surface area contributed by atoms with Gasteiger partial charge in [0.25, 0.3) is 5.91 Å². The van der Waals surface area contributed by atoms with E-state index in [4.69, 9.17) is 9.47 Å². The third kappa shape index (κ3) is 4.90. The van der Waals surface area contributed by atoms with Gasteiger partial charge in [-0.1, -0.05) is 6.07 Å². The summed E-state index contributed by atoms with van der Waals surface area (Å²) in [6.07, 6.45) is 1.50. The van der Waals surface area contributed by atoms with Gasteiger partial charge in [-0.2, -0.15) is 5.10 Å². The van der Waals surface area contributed by atoms with E-state index in [2.05, 4.69) is 10.5 Å². The van der Waals surface area contributed by atoms with Crippen LogP contribution in [-0.2, 0) is 4.79 Å². The van der Waals surface area contributed by atoms with E-state index in [1.807, 2.05) is 0 Å². The number of rotatable bonds is 6. The van der Waals surface area contributed by atoms with Crippen LogP contribution in [0.15, 0.2) is 53.6 Å². The van der Waals surface area contributed by atoms with Crippen molar-refractivity contribution in [1.82, 2.24) is 5.43 Å². The van der Waals surface area contributed by atoms with E-state index in [0.717, 1.165) is 11.3 Å². The summed E-state index contributed by atoms with van der Waals surface area (Å²) in [6, 6.07) is 12.8. The monoisotopic (exact) mass is 302 g/mol. The van der Waals surface area contributed by atoms with E-state index in [0.29, 0.717) is 0 Å². The maximum Gasteiger partial charge on any atom is 0.277 e. The Bertz CT molecular complexity index is 657. The van der Waals surface area contributed by atoms with Crippen LogP contribution in [0.3, 0.4) is 0 Å². The SMILES string of the molecule is COc1ccc(/C=N\NC(=O)COc2cccc(F)c2)cc1. The highest BCUT2D eigenvalue weighted by molar-refractivity contribution is 5.83. The summed E-state index contributed by atoms with van der Waals surface area (Å²) < 4.78 is 23.1. The fraction of sp³-hybridized carbons (Fsp3) is 0.125. The van der Waals surface area contributed by atoms with Crippen LogP contribution in [0.4, 0.5) is 4.39 Å². The molecule has 0 spiro atoms. The summed E-state index contributed by atoms with van der Waals surface area (Å²) in [4.78, 5) is 11.5. The number of amides is 1. The summed E-state index contributed by atoms with van der Waals surface area (Å²) in [5.41, 5.74) is 3.14. The van der Waals surface area contributed by atoms with Gasteiger partial charge in [0.15, 0.2) is 6.61 Å². The Kier molecular flexibility index (Phi) is 5.48. The summed E-state index contributed by atoms with van der Waals surface area (Å²) in [6.45, 7) is -0.247. The summed E-state index contributed by atoms with van der Waals surface area (Å²) in [7, 11) is 1.59. The van der Waals surface area contributed by atoms with Crippen molar-refractivity contribution >= 4 is 12.1 Å². The van der Waals surface area contributed by atoms with Gasteiger partial charge in [-0.3, -0.25) is 4.79 Å². The number of hydrogen-bond donors (Lipinski definition) is 1. The van der Waals surface area contributed by atoms with E-state index in [1.54, 1.807) is 37.4 Å². The molecule has 0 bridgehead atoms. The molecule has 0 saturated carbocycles. The lowest BCUT2D eigenvalue weighted by molar-refractivity contribution is -0.123. The van der Waals surface area contributed by atoms with Crippen LogP contribution in [0.1, 0.15) is 5.56 Å². The first kappa shape index (κ1) is 15.5. The highest BCUT2D eigenvalue weighted by Gasteiger charge is 2.02. The van der Waals surface area contributed by atoms with Crippen molar-refractivity contribution in [3.05, 3.63) is 59.9 Å². The molecule has 114 valence electrons. The molecule has 0 heterocycles. The highest BCUT2D eigenvalue weighted by atomic mass is 19.1. The lowest BCUT2D eigenvalue weighted by Crippen LogP contribution is -2.24. The summed E-state index contributed by atoms with van der Waals surface area (Å²) >= 11 is 0. The zero-order valence-corrected chi connectivity index (χ0v) is 12.0. The second kappa shape index (κ2) is 7.78. The topological polar surface area (TPSA) is 59.9 Å². The third-order valence-electron chi connectivity index (χ3n) is 2.68. The van der Waals surface area contributed by atoms with Crippen LogP contribution in [0.2, 0.25) is 0 Å². The molecule has 0 aliphatic rings. The van der Waals surface area contributed by atoms with Gasteiger partial charge in [-0.25, -0.2) is 9.82 Å². The molecule has 0 aliphatic heterocycles. The number of carbonyl (C=O) groups is 1. The molecule has 0 atom stereocenters. The Labute approximate surface area is 127 Å². The molecule has 1 N–H and O–H groups in total. The van der Waals surface area contributed by atoms with Crippen LogP contribution >= 0.6 is 0 Å². The predicted octanol–water partition coefficient (Wildman–Crippen LogP) is 2.36. The van der Waals surface area contributed by atoms with Crippen molar-refractivity contribution in [2.75, 3.05) is 13.7 Å². The maximum absolute atomic E-state index is 12.9. The predicted molar refractivity (Wildman–Crippen MR) is 80.6 cm³/mol. The van der Waals surface area contributed by atoms with Gasteiger partial charge < -0.3 is 9.47 Å². The van der Waals surface area contributed by atoms with Crippen molar-refractivity contribution in [2.24, 2.45) is 5.10 Å². The van der Waals surface area contributed by atoms with Crippen molar-refractivity contribution in [3.8, 4) is 11.5 Å². The van der Waals surface area contributed by atoms with Gasteiger partial charge in [0.2, 0.25) is 0 Å². The van der Waals surface area contributed by atoms with E-state index in [9.17, 15) is 9.18 Å². The Balaban J connectivity index is 1.78. The fourth-order valence-electron chi connectivity index (χ4n) is 1.61. The third-order valence-corrected chi connectivity index (χ3v) is 2.68. The molecule has 0 aliphatic carbocycles. The lowest BCUT2D eigenvalue weighted by atomic mass is 10.2. The molecule has 22 heavy (non-hydrogen) atoms. The summed E-state index contributed by atoms with van der Waals surface area (Å²) in [5.74, 6) is 0.170. The number of ether oxygens (including phenoxy) is 2. The maximum atomic E-state index is 12.9. The lowest BCUT2D eigenvalue weighted by Gasteiger charge is -2.04. The Morgan fingerprint density at radius 1 is 1.23 bits per heavy atom. The van der Waals surface area contributed by atoms with Gasteiger partial charge in [-0.05, 0) is 42.0 Å². The van der Waals surface area contributed by atoms with Gasteiger partial charge in [0.05, 0.1) is 13.3 Å². The number of methoxy groups -OCH3 is 1. The molecule has 2 aromatic carbocycles. The molecule has 1 amide bonds. The zero-order chi connectivity index (χ0) is 15.8. The van der Waals surface area contributed by atoms with Crippen molar-refractivity contribution in [3.63, 3.8) is 0 Å². The van der Waals surface area contributed by atoms with E-state index >= 15 is 0 Å². The van der Waals surface area contributed by atoms with Gasteiger partial charge in [-0.15, -0.1) is 0 Å². The fourth-order valence-corrected chi connectivity index (χ4v) is 1.61. The Morgan fingerprint density at radius 2 is 2.00 bits per heavy atom. The molecule has 0 fully saturated rings. The number of nitrogens with zero attached hydrogens (tertiary/aromatic N) is 1. The average Bonchev–Trinajstić information content (AvgIpc) is 2.54. The number of carbonyl (C=O) groups excluding carboxylic acids is 1. The molecule has 0 radical (unpaired) electrons. The van der Waals surface area contributed by atoms with E-state index in [-0.39, 0.29) is 12.4 Å². The molecule has 6 heteroatoms. The van der Waals surface area contributed by atoms with E-state index in [1.165, 1.54) is 24.4 Å². The second-order valence-electron chi connectivity index (χ2n) is 4.31. The molecule has 5 nitrogen and oxygen atoms in total. The average molecular weight is 302 g/mol. The van der Waals surface area contributed by atoms with Crippen molar-refractivity contribution in [1.29, 1.82) is 0 Å². The first-order valence-electron chi connectivity index (χ1n) is 6.52. The Morgan fingerprint density at radius 3 is 2.68 bits per heavy atom. The van der Waals surface area contributed by atoms with Crippen LogP contribution in [0.5, 0.6) is 11.5 Å². The van der Waals surface area contributed by atoms with Gasteiger partial charge in [0.1, 0.15) is 17.3 Å². The normalized spacial score (nSPS) is 10.5. The van der Waals surface area contributed by atoms with Gasteiger partial charge in [0, 0.05) is 6.07 Å². The largest absolute Gasteiger partial charge is 0.497 e. The standard InChI is InChI=1S/C16H15FN2O3/c1-21-14-7-5-12(6-8-14)10-18-19-16(20)11-22-15-4-2-3-13(17)9-15/h2-10H,11H2,1H3,(H,19,20)/b18-10-. The van der Waals surface area contributed by atoms with Crippen LogP contribution in [-0.4, -0.2) is 25.8 Å². The first-order valence-corrected chi connectivity index (χ1v) is 6.52. The number of nitrogens with one attached hydrogen (secondary N) is 1. The highest BCUT2D eigenvalue weighted by Crippen LogP contribution is 2.11.